The second-order valence-electron chi connectivity index (χ2n) is 4.64. The maximum Gasteiger partial charge on any atom is 0.0203 e. The summed E-state index contributed by atoms with van der Waals surface area (Å²) in [5.74, 6) is 0. The molecule has 0 amide bonds. The van der Waals surface area contributed by atoms with E-state index in [1.807, 2.05) is 0 Å². The fraction of sp³-hybridized carbons (Fsp3) is 0.846. The van der Waals surface area contributed by atoms with Crippen molar-refractivity contribution in [2.24, 2.45) is 0 Å². The van der Waals surface area contributed by atoms with Gasteiger partial charge in [-0.25, -0.2) is 0 Å². The van der Waals surface area contributed by atoms with Gasteiger partial charge in [0.1, 0.15) is 0 Å². The lowest BCUT2D eigenvalue weighted by Crippen LogP contribution is -2.46. The van der Waals surface area contributed by atoms with Crippen molar-refractivity contribution in [3.05, 3.63) is 12.2 Å². The highest BCUT2D eigenvalue weighted by molar-refractivity contribution is 5.00. The SMILES string of the molecule is C=C(CNCCC)CN1CCN(CC)CC1. The quantitative estimate of drug-likeness (QED) is 0.518. The highest BCUT2D eigenvalue weighted by atomic mass is 15.3. The maximum absolute atomic E-state index is 4.14. The summed E-state index contributed by atoms with van der Waals surface area (Å²) < 4.78 is 0. The summed E-state index contributed by atoms with van der Waals surface area (Å²) in [6.07, 6.45) is 1.20. The second-order valence-corrected chi connectivity index (χ2v) is 4.64. The summed E-state index contributed by atoms with van der Waals surface area (Å²) >= 11 is 0. The number of hydrogen-bond acceptors (Lipinski definition) is 3. The topological polar surface area (TPSA) is 18.5 Å². The molecule has 3 heteroatoms. The third-order valence-electron chi connectivity index (χ3n) is 3.16. The molecule has 1 saturated heterocycles. The molecule has 1 rings (SSSR count). The molecule has 0 aromatic heterocycles. The van der Waals surface area contributed by atoms with E-state index in [2.05, 4.69) is 35.5 Å². The zero-order valence-electron chi connectivity index (χ0n) is 11.0. The van der Waals surface area contributed by atoms with E-state index in [1.54, 1.807) is 0 Å². The predicted molar refractivity (Wildman–Crippen MR) is 70.9 cm³/mol. The van der Waals surface area contributed by atoms with Crippen LogP contribution in [0.1, 0.15) is 20.3 Å². The van der Waals surface area contributed by atoms with Crippen molar-refractivity contribution < 1.29 is 0 Å². The Morgan fingerprint density at radius 1 is 1.12 bits per heavy atom. The van der Waals surface area contributed by atoms with Gasteiger partial charge in [-0.3, -0.25) is 4.90 Å². The number of likely N-dealkylation sites (N-methyl/N-ethyl adjacent to an activating group) is 1. The Labute approximate surface area is 100 Å². The van der Waals surface area contributed by atoms with Crippen LogP contribution in [0.15, 0.2) is 12.2 Å². The van der Waals surface area contributed by atoms with Crippen molar-refractivity contribution in [1.29, 1.82) is 0 Å². The molecule has 1 aliphatic rings. The van der Waals surface area contributed by atoms with Gasteiger partial charge in [-0.1, -0.05) is 20.4 Å². The first kappa shape index (κ1) is 13.7. The average Bonchev–Trinajstić information content (AvgIpc) is 2.30. The van der Waals surface area contributed by atoms with Gasteiger partial charge in [0, 0.05) is 39.3 Å². The van der Waals surface area contributed by atoms with Gasteiger partial charge in [0.25, 0.3) is 0 Å². The predicted octanol–water partition coefficient (Wildman–Crippen LogP) is 1.18. The zero-order valence-corrected chi connectivity index (χ0v) is 11.0. The Morgan fingerprint density at radius 3 is 2.31 bits per heavy atom. The minimum absolute atomic E-state index is 0.974. The normalized spacial score (nSPS) is 18.9. The van der Waals surface area contributed by atoms with Gasteiger partial charge in [-0.15, -0.1) is 0 Å². The highest BCUT2D eigenvalue weighted by Crippen LogP contribution is 2.03. The molecule has 0 bridgehead atoms. The Hall–Kier alpha value is -0.380. The number of nitrogens with zero attached hydrogens (tertiary/aromatic N) is 2. The van der Waals surface area contributed by atoms with Gasteiger partial charge in [-0.2, -0.15) is 0 Å². The summed E-state index contributed by atoms with van der Waals surface area (Å²) in [4.78, 5) is 5.02. The highest BCUT2D eigenvalue weighted by Gasteiger charge is 2.15. The van der Waals surface area contributed by atoms with Crippen LogP contribution in [-0.4, -0.2) is 62.2 Å². The monoisotopic (exact) mass is 225 g/mol. The van der Waals surface area contributed by atoms with Crippen molar-refractivity contribution in [2.45, 2.75) is 20.3 Å². The number of hydrogen-bond donors (Lipinski definition) is 1. The Balaban J connectivity index is 2.10. The van der Waals surface area contributed by atoms with Gasteiger partial charge in [-0.05, 0) is 25.1 Å². The van der Waals surface area contributed by atoms with Crippen LogP contribution in [0.3, 0.4) is 0 Å². The van der Waals surface area contributed by atoms with Crippen LogP contribution in [0.25, 0.3) is 0 Å². The van der Waals surface area contributed by atoms with Crippen LogP contribution in [0.4, 0.5) is 0 Å². The van der Waals surface area contributed by atoms with Crippen molar-refractivity contribution in [2.75, 3.05) is 52.4 Å². The Morgan fingerprint density at radius 2 is 1.75 bits per heavy atom. The first-order chi connectivity index (χ1) is 7.76. The molecule has 0 aromatic carbocycles. The lowest BCUT2D eigenvalue weighted by molar-refractivity contribution is 0.145. The first-order valence-corrected chi connectivity index (χ1v) is 6.58. The summed E-state index contributed by atoms with van der Waals surface area (Å²) in [5, 5.41) is 3.41. The molecule has 16 heavy (non-hydrogen) atoms. The molecule has 1 heterocycles. The lowest BCUT2D eigenvalue weighted by atomic mass is 10.2. The lowest BCUT2D eigenvalue weighted by Gasteiger charge is -2.34. The molecule has 94 valence electrons. The van der Waals surface area contributed by atoms with E-state index in [0.717, 1.165) is 19.6 Å². The van der Waals surface area contributed by atoms with Gasteiger partial charge in [0.05, 0.1) is 0 Å². The molecule has 1 fully saturated rings. The molecule has 0 radical (unpaired) electrons. The van der Waals surface area contributed by atoms with Crippen molar-refractivity contribution in [1.82, 2.24) is 15.1 Å². The van der Waals surface area contributed by atoms with E-state index < -0.39 is 0 Å². The molecule has 1 aliphatic heterocycles. The van der Waals surface area contributed by atoms with E-state index in [9.17, 15) is 0 Å². The molecular weight excluding hydrogens is 198 g/mol. The average molecular weight is 225 g/mol. The molecule has 1 N–H and O–H groups in total. The van der Waals surface area contributed by atoms with Gasteiger partial charge >= 0.3 is 0 Å². The van der Waals surface area contributed by atoms with Gasteiger partial charge in [0.15, 0.2) is 0 Å². The second kappa shape index (κ2) is 7.82. The Kier molecular flexibility index (Phi) is 6.69. The third-order valence-corrected chi connectivity index (χ3v) is 3.16. The molecule has 0 spiro atoms. The van der Waals surface area contributed by atoms with Crippen molar-refractivity contribution >= 4 is 0 Å². The molecule has 3 nitrogen and oxygen atoms in total. The first-order valence-electron chi connectivity index (χ1n) is 6.58. The molecule has 0 saturated carbocycles. The van der Waals surface area contributed by atoms with E-state index in [4.69, 9.17) is 0 Å². The number of piperazine rings is 1. The minimum atomic E-state index is 0.974. The molecule has 0 aromatic rings. The summed E-state index contributed by atoms with van der Waals surface area (Å²) in [7, 11) is 0. The summed E-state index contributed by atoms with van der Waals surface area (Å²) in [5.41, 5.74) is 1.32. The van der Waals surface area contributed by atoms with Crippen LogP contribution < -0.4 is 5.32 Å². The molecular formula is C13H27N3. The van der Waals surface area contributed by atoms with E-state index in [-0.39, 0.29) is 0 Å². The summed E-state index contributed by atoms with van der Waals surface area (Å²) in [6.45, 7) is 17.7. The van der Waals surface area contributed by atoms with Crippen LogP contribution in [0.5, 0.6) is 0 Å². The number of nitrogens with one attached hydrogen (secondary N) is 1. The zero-order chi connectivity index (χ0) is 11.8. The largest absolute Gasteiger partial charge is 0.313 e. The van der Waals surface area contributed by atoms with E-state index in [0.29, 0.717) is 0 Å². The van der Waals surface area contributed by atoms with Crippen LogP contribution in [0, 0.1) is 0 Å². The van der Waals surface area contributed by atoms with Crippen molar-refractivity contribution in [3.63, 3.8) is 0 Å². The fourth-order valence-corrected chi connectivity index (χ4v) is 2.08. The van der Waals surface area contributed by atoms with Crippen LogP contribution in [-0.2, 0) is 0 Å². The standard InChI is InChI=1S/C13H27N3/c1-4-6-14-11-13(3)12-16-9-7-15(5-2)8-10-16/h14H,3-12H2,1-2H3. The number of rotatable bonds is 7. The maximum atomic E-state index is 4.14. The fourth-order valence-electron chi connectivity index (χ4n) is 2.08. The molecule has 0 unspecified atom stereocenters. The van der Waals surface area contributed by atoms with Crippen LogP contribution >= 0.6 is 0 Å². The smallest absolute Gasteiger partial charge is 0.0203 e. The van der Waals surface area contributed by atoms with E-state index >= 15 is 0 Å². The summed E-state index contributed by atoms with van der Waals surface area (Å²) in [6, 6.07) is 0. The van der Waals surface area contributed by atoms with E-state index in [1.165, 1.54) is 44.7 Å². The van der Waals surface area contributed by atoms with Gasteiger partial charge < -0.3 is 10.2 Å². The van der Waals surface area contributed by atoms with Crippen molar-refractivity contribution in [3.8, 4) is 0 Å². The molecule has 0 atom stereocenters. The van der Waals surface area contributed by atoms with Gasteiger partial charge in [0.2, 0.25) is 0 Å². The molecule has 0 aliphatic carbocycles. The third kappa shape index (κ3) is 5.10. The van der Waals surface area contributed by atoms with Crippen LogP contribution in [0.2, 0.25) is 0 Å². The minimum Gasteiger partial charge on any atom is -0.313 e. The Bertz CT molecular complexity index is 195.